The fraction of sp³-hybridized carbons (Fsp3) is 0.391. The quantitative estimate of drug-likeness (QED) is 0.432. The number of thioether (sulfide) groups is 1. The molecule has 0 atom stereocenters. The van der Waals surface area contributed by atoms with E-state index in [4.69, 9.17) is 4.74 Å². The Bertz CT molecular complexity index is 1050. The lowest BCUT2D eigenvalue weighted by Crippen LogP contribution is -2.38. The van der Waals surface area contributed by atoms with Gasteiger partial charge in [0.1, 0.15) is 0 Å². The van der Waals surface area contributed by atoms with E-state index >= 15 is 0 Å². The fourth-order valence-corrected chi connectivity index (χ4v) is 4.67. The molecule has 0 bridgehead atoms. The van der Waals surface area contributed by atoms with E-state index in [1.54, 1.807) is 31.5 Å². The van der Waals surface area contributed by atoms with Gasteiger partial charge in [0, 0.05) is 18.3 Å². The highest BCUT2D eigenvalue weighted by Crippen LogP contribution is 2.27. The molecule has 0 spiro atoms. The summed E-state index contributed by atoms with van der Waals surface area (Å²) in [6, 6.07) is 7.92. The van der Waals surface area contributed by atoms with Gasteiger partial charge in [0.05, 0.1) is 17.7 Å². The fourth-order valence-electron chi connectivity index (χ4n) is 4.00. The molecule has 2 aliphatic rings. The number of imide groups is 1. The molecule has 174 valence electrons. The standard InChI is InChI=1S/C23H27N5O4S/c1-32-19-12-14(2-7-18(19)29)8-10-24-15-3-5-16(6-4-15)26-22-25-11-9-17(27-22)13-20-21(30)28-23(31)33-20/h2,7,9,11-13,15-16,24,29H,3-6,8,10H2,1H3,(H,25,26,27)(H,28,30,31)/b20-13-/t15-,16-. The summed E-state index contributed by atoms with van der Waals surface area (Å²) in [5.41, 5.74) is 1.71. The molecule has 4 N–H and O–H groups in total. The molecule has 33 heavy (non-hydrogen) atoms. The maximum atomic E-state index is 11.7. The lowest BCUT2D eigenvalue weighted by molar-refractivity contribution is -0.115. The average molecular weight is 470 g/mol. The van der Waals surface area contributed by atoms with Crippen molar-refractivity contribution in [2.24, 2.45) is 0 Å². The number of hydrogen-bond acceptors (Lipinski definition) is 9. The third-order valence-corrected chi connectivity index (χ3v) is 6.56. The van der Waals surface area contributed by atoms with E-state index in [0.717, 1.165) is 56.0 Å². The molecule has 1 aromatic heterocycles. The summed E-state index contributed by atoms with van der Waals surface area (Å²) >= 11 is 0.874. The van der Waals surface area contributed by atoms with Crippen molar-refractivity contribution >= 4 is 34.9 Å². The van der Waals surface area contributed by atoms with Gasteiger partial charge in [-0.05, 0) is 80.2 Å². The first-order valence-corrected chi connectivity index (χ1v) is 11.8. The van der Waals surface area contributed by atoms with Crippen LogP contribution in [0.15, 0.2) is 35.4 Å². The predicted molar refractivity (Wildman–Crippen MR) is 127 cm³/mol. The molecular formula is C23H27N5O4S. The van der Waals surface area contributed by atoms with Gasteiger partial charge in [-0.15, -0.1) is 0 Å². The Hall–Kier alpha value is -3.11. The topological polar surface area (TPSA) is 125 Å². The first-order valence-electron chi connectivity index (χ1n) is 10.9. The number of amides is 2. The van der Waals surface area contributed by atoms with E-state index in [9.17, 15) is 14.7 Å². The Morgan fingerprint density at radius 2 is 2.00 bits per heavy atom. The van der Waals surface area contributed by atoms with Gasteiger partial charge in [0.2, 0.25) is 5.95 Å². The number of rotatable bonds is 8. The second kappa shape index (κ2) is 10.7. The van der Waals surface area contributed by atoms with Crippen molar-refractivity contribution in [3.63, 3.8) is 0 Å². The summed E-state index contributed by atoms with van der Waals surface area (Å²) < 4.78 is 5.17. The van der Waals surface area contributed by atoms with Crippen LogP contribution in [0.25, 0.3) is 6.08 Å². The van der Waals surface area contributed by atoms with Gasteiger partial charge in [-0.25, -0.2) is 9.97 Å². The molecule has 1 aromatic carbocycles. The molecule has 0 unspecified atom stereocenters. The smallest absolute Gasteiger partial charge is 0.290 e. The highest BCUT2D eigenvalue weighted by molar-refractivity contribution is 8.18. The van der Waals surface area contributed by atoms with Gasteiger partial charge in [0.15, 0.2) is 11.5 Å². The molecular weight excluding hydrogens is 442 g/mol. The van der Waals surface area contributed by atoms with Crippen LogP contribution in [0.5, 0.6) is 11.5 Å². The molecule has 2 heterocycles. The van der Waals surface area contributed by atoms with Crippen LogP contribution in [0, 0.1) is 0 Å². The van der Waals surface area contributed by atoms with Crippen LogP contribution in [0.2, 0.25) is 0 Å². The van der Waals surface area contributed by atoms with Gasteiger partial charge in [-0.3, -0.25) is 14.9 Å². The van der Waals surface area contributed by atoms with Crippen molar-refractivity contribution in [1.82, 2.24) is 20.6 Å². The zero-order valence-corrected chi connectivity index (χ0v) is 19.2. The molecule has 1 saturated carbocycles. The number of aromatic nitrogens is 2. The van der Waals surface area contributed by atoms with Crippen molar-refractivity contribution in [1.29, 1.82) is 0 Å². The van der Waals surface area contributed by atoms with E-state index in [1.807, 2.05) is 12.1 Å². The molecule has 1 aliphatic heterocycles. The number of anilines is 1. The molecule has 0 radical (unpaired) electrons. The van der Waals surface area contributed by atoms with E-state index < -0.39 is 5.91 Å². The molecule has 10 heteroatoms. The molecule has 2 fully saturated rings. The zero-order valence-electron chi connectivity index (χ0n) is 18.3. The van der Waals surface area contributed by atoms with Gasteiger partial charge in [-0.1, -0.05) is 6.07 Å². The summed E-state index contributed by atoms with van der Waals surface area (Å²) in [6.45, 7) is 0.866. The molecule has 4 rings (SSSR count). The number of phenolic OH excluding ortho intramolecular Hbond substituents is 1. The predicted octanol–water partition coefficient (Wildman–Crippen LogP) is 3.07. The van der Waals surface area contributed by atoms with E-state index in [2.05, 4.69) is 25.9 Å². The molecule has 9 nitrogen and oxygen atoms in total. The highest BCUT2D eigenvalue weighted by atomic mass is 32.2. The third kappa shape index (κ3) is 6.23. The van der Waals surface area contributed by atoms with E-state index in [-0.39, 0.29) is 17.0 Å². The molecule has 2 aromatic rings. The third-order valence-electron chi connectivity index (χ3n) is 5.75. The van der Waals surface area contributed by atoms with Gasteiger partial charge < -0.3 is 20.5 Å². The van der Waals surface area contributed by atoms with E-state index in [0.29, 0.717) is 28.3 Å². The Balaban J connectivity index is 1.22. The lowest BCUT2D eigenvalue weighted by atomic mass is 9.91. The number of carbonyl (C=O) groups is 2. The van der Waals surface area contributed by atoms with Crippen LogP contribution in [0.1, 0.15) is 36.9 Å². The normalized spacial score (nSPS) is 21.8. The number of benzene rings is 1. The maximum absolute atomic E-state index is 11.7. The Labute approximate surface area is 196 Å². The first kappa shape index (κ1) is 23.1. The Morgan fingerprint density at radius 3 is 2.73 bits per heavy atom. The Morgan fingerprint density at radius 1 is 1.21 bits per heavy atom. The van der Waals surface area contributed by atoms with Crippen LogP contribution in [-0.4, -0.2) is 52.0 Å². The van der Waals surface area contributed by atoms with Gasteiger partial charge in [-0.2, -0.15) is 0 Å². The van der Waals surface area contributed by atoms with Gasteiger partial charge in [0.25, 0.3) is 11.1 Å². The second-order valence-electron chi connectivity index (χ2n) is 8.06. The summed E-state index contributed by atoms with van der Waals surface area (Å²) in [5, 5.41) is 18.6. The average Bonchev–Trinajstić information content (AvgIpc) is 3.12. The summed E-state index contributed by atoms with van der Waals surface area (Å²) in [6.07, 6.45) is 8.23. The monoisotopic (exact) mass is 469 g/mol. The number of hydrogen-bond donors (Lipinski definition) is 4. The summed E-state index contributed by atoms with van der Waals surface area (Å²) in [7, 11) is 1.55. The number of nitrogens with zero attached hydrogens (tertiary/aromatic N) is 2. The minimum absolute atomic E-state index is 0.157. The van der Waals surface area contributed by atoms with Crippen LogP contribution in [0.3, 0.4) is 0 Å². The zero-order chi connectivity index (χ0) is 23.2. The highest BCUT2D eigenvalue weighted by Gasteiger charge is 2.25. The van der Waals surface area contributed by atoms with E-state index in [1.165, 1.54) is 0 Å². The maximum Gasteiger partial charge on any atom is 0.290 e. The van der Waals surface area contributed by atoms with Crippen molar-refractivity contribution in [3.05, 3.63) is 46.6 Å². The number of aromatic hydroxyl groups is 1. The van der Waals surface area contributed by atoms with Crippen LogP contribution in [-0.2, 0) is 11.2 Å². The number of nitrogens with one attached hydrogen (secondary N) is 3. The first-order chi connectivity index (χ1) is 16.0. The number of carbonyl (C=O) groups excluding carboxylic acids is 2. The van der Waals surface area contributed by atoms with Crippen LogP contribution < -0.4 is 20.7 Å². The van der Waals surface area contributed by atoms with Crippen molar-refractivity contribution in [2.75, 3.05) is 19.0 Å². The summed E-state index contributed by atoms with van der Waals surface area (Å²) in [5.74, 6) is 0.787. The number of methoxy groups -OCH3 is 1. The molecule has 1 saturated heterocycles. The SMILES string of the molecule is COc1cc(CCN[C@H]2CC[C@H](Nc3nccc(/C=C4\SC(=O)NC4=O)n3)CC2)ccc1O. The van der Waals surface area contributed by atoms with Crippen LogP contribution in [0.4, 0.5) is 10.7 Å². The van der Waals surface area contributed by atoms with Gasteiger partial charge >= 0.3 is 0 Å². The van der Waals surface area contributed by atoms with Crippen molar-refractivity contribution < 1.29 is 19.4 Å². The van der Waals surface area contributed by atoms with Crippen LogP contribution >= 0.6 is 11.8 Å². The molecule has 1 aliphatic carbocycles. The largest absolute Gasteiger partial charge is 0.504 e. The Kier molecular flexibility index (Phi) is 7.46. The van der Waals surface area contributed by atoms with Crippen molar-refractivity contribution in [3.8, 4) is 11.5 Å². The number of phenols is 1. The lowest BCUT2D eigenvalue weighted by Gasteiger charge is -2.29. The molecule has 2 amide bonds. The van der Waals surface area contributed by atoms with Crippen molar-refractivity contribution in [2.45, 2.75) is 44.2 Å². The second-order valence-corrected chi connectivity index (χ2v) is 9.08. The number of ether oxygens (including phenoxy) is 1. The minimum Gasteiger partial charge on any atom is -0.504 e. The minimum atomic E-state index is -0.395. The summed E-state index contributed by atoms with van der Waals surface area (Å²) in [4.78, 5) is 32.1.